The van der Waals surface area contributed by atoms with Crippen molar-refractivity contribution in [2.24, 2.45) is 0 Å². The standard InChI is InChI=1S/C6H7BClNO2/c8-5-1-4(7(10)11)2-6(9)3-5/h1-3,10-11H,9H2. The van der Waals surface area contributed by atoms with Crippen LogP contribution in [-0.4, -0.2) is 17.2 Å². The summed E-state index contributed by atoms with van der Waals surface area (Å²) < 4.78 is 0. The topological polar surface area (TPSA) is 66.5 Å². The SMILES string of the molecule is Nc1cc(Cl)cc(B(O)O)c1. The third kappa shape index (κ3) is 2.11. The van der Waals surface area contributed by atoms with Crippen molar-refractivity contribution < 1.29 is 10.0 Å². The van der Waals surface area contributed by atoms with Gasteiger partial charge in [0.05, 0.1) is 0 Å². The number of anilines is 1. The second kappa shape index (κ2) is 3.13. The van der Waals surface area contributed by atoms with Crippen LogP contribution >= 0.6 is 11.6 Å². The van der Waals surface area contributed by atoms with Crippen molar-refractivity contribution in [2.45, 2.75) is 0 Å². The molecule has 0 heterocycles. The van der Waals surface area contributed by atoms with Crippen LogP contribution in [0.3, 0.4) is 0 Å². The molecule has 0 fully saturated rings. The van der Waals surface area contributed by atoms with E-state index in [-0.39, 0.29) is 0 Å². The van der Waals surface area contributed by atoms with Gasteiger partial charge in [0.15, 0.2) is 0 Å². The average Bonchev–Trinajstić information content (AvgIpc) is 1.85. The minimum atomic E-state index is -1.52. The normalized spacial score (nSPS) is 9.73. The van der Waals surface area contributed by atoms with E-state index in [0.29, 0.717) is 16.2 Å². The van der Waals surface area contributed by atoms with E-state index in [1.165, 1.54) is 18.2 Å². The summed E-state index contributed by atoms with van der Waals surface area (Å²) in [5.74, 6) is 0. The van der Waals surface area contributed by atoms with E-state index in [0.717, 1.165) is 0 Å². The summed E-state index contributed by atoms with van der Waals surface area (Å²) in [4.78, 5) is 0. The second-order valence-corrected chi connectivity index (χ2v) is 2.63. The van der Waals surface area contributed by atoms with Crippen molar-refractivity contribution in [3.05, 3.63) is 23.2 Å². The molecule has 58 valence electrons. The number of nitrogen functional groups attached to an aromatic ring is 1. The van der Waals surface area contributed by atoms with Crippen LogP contribution in [-0.2, 0) is 0 Å². The molecule has 5 heteroatoms. The number of halogens is 1. The van der Waals surface area contributed by atoms with Gasteiger partial charge in [0.2, 0.25) is 0 Å². The van der Waals surface area contributed by atoms with Gasteiger partial charge < -0.3 is 15.8 Å². The molecular weight excluding hydrogens is 164 g/mol. The van der Waals surface area contributed by atoms with Crippen molar-refractivity contribution in [3.8, 4) is 0 Å². The molecule has 0 aliphatic rings. The first-order valence-corrected chi connectivity index (χ1v) is 3.39. The van der Waals surface area contributed by atoms with Crippen molar-refractivity contribution in [1.82, 2.24) is 0 Å². The van der Waals surface area contributed by atoms with Crippen molar-refractivity contribution in [3.63, 3.8) is 0 Å². The lowest BCUT2D eigenvalue weighted by Gasteiger charge is -2.01. The molecule has 0 radical (unpaired) electrons. The smallest absolute Gasteiger partial charge is 0.423 e. The first-order valence-electron chi connectivity index (χ1n) is 3.01. The quantitative estimate of drug-likeness (QED) is 0.398. The Hall–Kier alpha value is -0.705. The van der Waals surface area contributed by atoms with Gasteiger partial charge in [0.1, 0.15) is 0 Å². The molecule has 1 aromatic carbocycles. The van der Waals surface area contributed by atoms with Gasteiger partial charge in [0, 0.05) is 10.7 Å². The average molecular weight is 171 g/mol. The van der Waals surface area contributed by atoms with Crippen LogP contribution in [0, 0.1) is 0 Å². The van der Waals surface area contributed by atoms with Gasteiger partial charge in [0.25, 0.3) is 0 Å². The molecule has 1 rings (SSSR count). The largest absolute Gasteiger partial charge is 0.488 e. The molecule has 0 saturated carbocycles. The van der Waals surface area contributed by atoms with Crippen LogP contribution in [0.1, 0.15) is 0 Å². The molecule has 0 amide bonds. The fourth-order valence-corrected chi connectivity index (χ4v) is 1.04. The molecule has 3 nitrogen and oxygen atoms in total. The number of nitrogens with two attached hydrogens (primary N) is 1. The number of hydrogen-bond donors (Lipinski definition) is 3. The van der Waals surface area contributed by atoms with Crippen LogP contribution in [0.5, 0.6) is 0 Å². The lowest BCUT2D eigenvalue weighted by molar-refractivity contribution is 0.426. The predicted molar refractivity (Wildman–Crippen MR) is 45.7 cm³/mol. The highest BCUT2D eigenvalue weighted by atomic mass is 35.5. The Kier molecular flexibility index (Phi) is 2.39. The summed E-state index contributed by atoms with van der Waals surface area (Å²) >= 11 is 5.59. The maximum absolute atomic E-state index is 8.71. The van der Waals surface area contributed by atoms with Crippen LogP contribution in [0.4, 0.5) is 5.69 Å². The Balaban J connectivity index is 3.08. The molecule has 0 spiro atoms. The van der Waals surface area contributed by atoms with E-state index < -0.39 is 7.12 Å². The summed E-state index contributed by atoms with van der Waals surface area (Å²) in [6.07, 6.45) is 0. The van der Waals surface area contributed by atoms with Gasteiger partial charge in [-0.2, -0.15) is 0 Å². The van der Waals surface area contributed by atoms with E-state index in [4.69, 9.17) is 27.4 Å². The Morgan fingerprint density at radius 2 is 1.91 bits per heavy atom. The molecule has 4 N–H and O–H groups in total. The van der Waals surface area contributed by atoms with E-state index in [2.05, 4.69) is 0 Å². The summed E-state index contributed by atoms with van der Waals surface area (Å²) in [7, 11) is -1.52. The van der Waals surface area contributed by atoms with Gasteiger partial charge in [-0.3, -0.25) is 0 Å². The van der Waals surface area contributed by atoms with E-state index in [9.17, 15) is 0 Å². The summed E-state index contributed by atoms with van der Waals surface area (Å²) in [6.45, 7) is 0. The molecule has 0 bridgehead atoms. The van der Waals surface area contributed by atoms with Gasteiger partial charge >= 0.3 is 7.12 Å². The molecule has 0 saturated heterocycles. The Bertz CT molecular complexity index is 247. The van der Waals surface area contributed by atoms with Gasteiger partial charge in [-0.05, 0) is 23.7 Å². The zero-order valence-electron chi connectivity index (χ0n) is 5.66. The maximum atomic E-state index is 8.71. The fourth-order valence-electron chi connectivity index (χ4n) is 0.785. The third-order valence-electron chi connectivity index (χ3n) is 1.24. The van der Waals surface area contributed by atoms with Crippen LogP contribution < -0.4 is 11.2 Å². The molecule has 1 aromatic rings. The molecule has 0 aliphatic carbocycles. The van der Waals surface area contributed by atoms with E-state index in [1.54, 1.807) is 0 Å². The number of hydrogen-bond acceptors (Lipinski definition) is 3. The second-order valence-electron chi connectivity index (χ2n) is 2.19. The number of benzene rings is 1. The van der Waals surface area contributed by atoms with Gasteiger partial charge in [-0.15, -0.1) is 0 Å². The lowest BCUT2D eigenvalue weighted by Crippen LogP contribution is -2.29. The third-order valence-corrected chi connectivity index (χ3v) is 1.46. The van der Waals surface area contributed by atoms with E-state index >= 15 is 0 Å². The van der Waals surface area contributed by atoms with Crippen molar-refractivity contribution in [1.29, 1.82) is 0 Å². The monoisotopic (exact) mass is 171 g/mol. The van der Waals surface area contributed by atoms with Crippen molar-refractivity contribution >= 4 is 29.9 Å². The fraction of sp³-hybridized carbons (Fsp3) is 0. The molecular formula is C6H7BClNO2. The number of rotatable bonds is 1. The van der Waals surface area contributed by atoms with E-state index in [1.807, 2.05) is 0 Å². The van der Waals surface area contributed by atoms with Crippen LogP contribution in [0.15, 0.2) is 18.2 Å². The Morgan fingerprint density at radius 1 is 1.27 bits per heavy atom. The molecule has 11 heavy (non-hydrogen) atoms. The van der Waals surface area contributed by atoms with Crippen LogP contribution in [0.25, 0.3) is 0 Å². The zero-order chi connectivity index (χ0) is 8.43. The molecule has 0 aromatic heterocycles. The maximum Gasteiger partial charge on any atom is 0.488 e. The summed E-state index contributed by atoms with van der Waals surface area (Å²) in [5, 5.41) is 17.8. The highest BCUT2D eigenvalue weighted by Crippen LogP contribution is 2.10. The Morgan fingerprint density at radius 3 is 2.36 bits per heavy atom. The minimum Gasteiger partial charge on any atom is -0.423 e. The summed E-state index contributed by atoms with van der Waals surface area (Å²) in [6, 6.07) is 4.44. The highest BCUT2D eigenvalue weighted by Gasteiger charge is 2.11. The van der Waals surface area contributed by atoms with Crippen LogP contribution in [0.2, 0.25) is 5.02 Å². The lowest BCUT2D eigenvalue weighted by atomic mass is 9.80. The predicted octanol–water partition coefficient (Wildman–Crippen LogP) is -0.398. The van der Waals surface area contributed by atoms with Gasteiger partial charge in [-0.1, -0.05) is 11.6 Å². The zero-order valence-corrected chi connectivity index (χ0v) is 6.42. The van der Waals surface area contributed by atoms with Crippen molar-refractivity contribution in [2.75, 3.05) is 5.73 Å². The first kappa shape index (κ1) is 8.39. The summed E-state index contributed by atoms with van der Waals surface area (Å²) in [5.41, 5.74) is 6.11. The Labute approximate surface area is 69.6 Å². The molecule has 0 aliphatic heterocycles. The highest BCUT2D eigenvalue weighted by molar-refractivity contribution is 6.59. The first-order chi connectivity index (χ1) is 5.09. The molecule has 0 unspecified atom stereocenters. The minimum absolute atomic E-state index is 0.301. The van der Waals surface area contributed by atoms with Gasteiger partial charge in [-0.25, -0.2) is 0 Å². The molecule has 0 atom stereocenters.